The van der Waals surface area contributed by atoms with Crippen molar-refractivity contribution in [2.75, 3.05) is 4.72 Å². The first-order valence-corrected chi connectivity index (χ1v) is 16.0. The first-order valence-electron chi connectivity index (χ1n) is 14.5. The molecule has 0 atom stereocenters. The lowest BCUT2D eigenvalue weighted by atomic mass is 10.0. The van der Waals surface area contributed by atoms with Gasteiger partial charge < -0.3 is 4.42 Å². The fraction of sp³-hybridized carbons (Fsp3) is 0.182. The highest BCUT2D eigenvalue weighted by Crippen LogP contribution is 2.33. The molecule has 0 unspecified atom stereocenters. The number of benzene rings is 4. The molecule has 0 amide bonds. The number of nitrogens with zero attached hydrogens (tertiary/aromatic N) is 4. The summed E-state index contributed by atoms with van der Waals surface area (Å²) in [6.45, 7) is 2.03. The number of sulfonamides is 1. The smallest absolute Gasteiger partial charge is 0.418 e. The number of anilines is 1. The largest absolute Gasteiger partial charge is 0.423 e. The highest BCUT2D eigenvalue weighted by molar-refractivity contribution is 7.92. The fourth-order valence-corrected chi connectivity index (χ4v) is 6.33. The van der Waals surface area contributed by atoms with E-state index in [1.807, 2.05) is 6.92 Å². The Morgan fingerprint density at radius 1 is 0.891 bits per heavy atom. The number of hydrogen-bond acceptors (Lipinski definition) is 6. The van der Waals surface area contributed by atoms with Gasteiger partial charge in [-0.25, -0.2) is 17.9 Å². The van der Waals surface area contributed by atoms with Gasteiger partial charge >= 0.3 is 17.9 Å². The minimum absolute atomic E-state index is 0.00711. The molecule has 0 saturated heterocycles. The molecule has 13 heteroatoms. The maximum atomic E-state index is 13.8. The lowest BCUT2D eigenvalue weighted by Gasteiger charge is -2.12. The van der Waals surface area contributed by atoms with Crippen LogP contribution >= 0.6 is 0 Å². The number of halogens is 3. The molecular formula is C33H28F3N5O4S. The van der Waals surface area contributed by atoms with Gasteiger partial charge in [0, 0.05) is 12.0 Å². The number of alkyl halides is 3. The van der Waals surface area contributed by atoms with E-state index < -0.39 is 27.5 Å². The number of aromatic nitrogens is 4. The van der Waals surface area contributed by atoms with Crippen LogP contribution in [0.25, 0.3) is 27.9 Å². The van der Waals surface area contributed by atoms with E-state index in [9.17, 15) is 26.4 Å². The van der Waals surface area contributed by atoms with Gasteiger partial charge in [0.2, 0.25) is 0 Å². The van der Waals surface area contributed by atoms with Crippen molar-refractivity contribution in [3.8, 4) is 16.8 Å². The minimum atomic E-state index is -4.67. The third kappa shape index (κ3) is 6.18. The van der Waals surface area contributed by atoms with Crippen LogP contribution < -0.4 is 10.4 Å². The molecule has 6 rings (SSSR count). The molecule has 0 aliphatic rings. The molecule has 0 fully saturated rings. The Morgan fingerprint density at radius 3 is 2.33 bits per heavy atom. The summed E-state index contributed by atoms with van der Waals surface area (Å²) >= 11 is 0. The second-order valence-corrected chi connectivity index (χ2v) is 12.3. The first kappa shape index (κ1) is 30.8. The van der Waals surface area contributed by atoms with Gasteiger partial charge in [-0.05, 0) is 47.9 Å². The molecule has 1 N–H and O–H groups in total. The molecule has 6 aromatic rings. The van der Waals surface area contributed by atoms with Crippen molar-refractivity contribution in [1.29, 1.82) is 0 Å². The molecule has 4 aromatic carbocycles. The highest BCUT2D eigenvalue weighted by Gasteiger charge is 2.35. The molecule has 9 nitrogen and oxygen atoms in total. The Kier molecular flexibility index (Phi) is 8.26. The summed E-state index contributed by atoms with van der Waals surface area (Å²) in [4.78, 5) is 17.7. The molecule has 0 saturated carbocycles. The maximum absolute atomic E-state index is 13.8. The van der Waals surface area contributed by atoms with E-state index in [2.05, 4.69) is 14.8 Å². The van der Waals surface area contributed by atoms with Crippen LogP contribution in [0.1, 0.15) is 36.7 Å². The van der Waals surface area contributed by atoms with Crippen molar-refractivity contribution in [1.82, 2.24) is 19.3 Å². The van der Waals surface area contributed by atoms with E-state index in [1.165, 1.54) is 28.8 Å². The molecule has 2 aromatic heterocycles. The fourth-order valence-electron chi connectivity index (χ4n) is 5.17. The number of para-hydroxylation sites is 3. The zero-order chi connectivity index (χ0) is 32.5. The van der Waals surface area contributed by atoms with Crippen LogP contribution in [0.5, 0.6) is 0 Å². The van der Waals surface area contributed by atoms with Crippen molar-refractivity contribution >= 4 is 27.1 Å². The molecule has 0 radical (unpaired) electrons. The predicted octanol–water partition coefficient (Wildman–Crippen LogP) is 7.05. The Hall–Kier alpha value is -5.17. The summed E-state index contributed by atoms with van der Waals surface area (Å²) in [7, 11) is -4.10. The van der Waals surface area contributed by atoms with E-state index >= 15 is 0 Å². The van der Waals surface area contributed by atoms with Gasteiger partial charge in [-0.3, -0.25) is 4.57 Å². The molecule has 0 spiro atoms. The Bertz CT molecular complexity index is 2150. The van der Waals surface area contributed by atoms with E-state index in [0.29, 0.717) is 46.5 Å². The first-order chi connectivity index (χ1) is 22.0. The standard InChI is InChI=1S/C33H28F3N5O4S/c1-2-3-16-30-38-41(27-13-7-5-11-25(27)33(34,35)36)32(42)40(30)21-22-17-19-23(20-18-22)24-10-4-9-15-29(24)46(43,44)39-31-37-26-12-6-8-14-28(26)45-31/h4-15,17-20H,2-3,16,21H2,1H3,(H,37,39). The molecule has 2 heterocycles. The van der Waals surface area contributed by atoms with Gasteiger partial charge in [-0.2, -0.15) is 22.8 Å². The Balaban J connectivity index is 1.30. The van der Waals surface area contributed by atoms with Crippen LogP contribution in [0.2, 0.25) is 0 Å². The van der Waals surface area contributed by atoms with Gasteiger partial charge in [-0.15, -0.1) is 5.10 Å². The highest BCUT2D eigenvalue weighted by atomic mass is 32.2. The van der Waals surface area contributed by atoms with E-state index in [-0.39, 0.29) is 23.1 Å². The lowest BCUT2D eigenvalue weighted by Crippen LogP contribution is -2.26. The molecule has 0 aliphatic carbocycles. The van der Waals surface area contributed by atoms with Crippen molar-refractivity contribution in [2.45, 2.75) is 43.8 Å². The normalized spacial score (nSPS) is 12.1. The average Bonchev–Trinajstić information content (AvgIpc) is 3.59. The van der Waals surface area contributed by atoms with Crippen LogP contribution in [-0.4, -0.2) is 27.7 Å². The average molecular weight is 648 g/mol. The van der Waals surface area contributed by atoms with Crippen molar-refractivity contribution in [3.63, 3.8) is 0 Å². The van der Waals surface area contributed by atoms with Crippen molar-refractivity contribution in [3.05, 3.63) is 124 Å². The number of unbranched alkanes of at least 4 members (excludes halogenated alkanes) is 1. The third-order valence-corrected chi connectivity index (χ3v) is 8.81. The van der Waals surface area contributed by atoms with Crippen molar-refractivity contribution in [2.24, 2.45) is 0 Å². The summed E-state index contributed by atoms with van der Waals surface area (Å²) < 4.78 is 78.3. The van der Waals surface area contributed by atoms with Crippen LogP contribution in [0.15, 0.2) is 111 Å². The molecule has 46 heavy (non-hydrogen) atoms. The van der Waals surface area contributed by atoms with Crippen LogP contribution in [0.3, 0.4) is 0 Å². The van der Waals surface area contributed by atoms with E-state index in [0.717, 1.165) is 17.2 Å². The summed E-state index contributed by atoms with van der Waals surface area (Å²) in [5, 5.41) is 4.32. The number of fused-ring (bicyclic) bond motifs is 1. The summed E-state index contributed by atoms with van der Waals surface area (Å²) in [6.07, 6.45) is -2.76. The van der Waals surface area contributed by atoms with Gasteiger partial charge in [0.05, 0.1) is 22.7 Å². The van der Waals surface area contributed by atoms with E-state index in [1.54, 1.807) is 66.7 Å². The third-order valence-electron chi connectivity index (χ3n) is 7.43. The summed E-state index contributed by atoms with van der Waals surface area (Å²) in [6, 6.07) is 25.0. The number of nitrogens with one attached hydrogen (secondary N) is 1. The second-order valence-electron chi connectivity index (χ2n) is 10.6. The zero-order valence-electron chi connectivity index (χ0n) is 24.5. The maximum Gasteiger partial charge on any atom is 0.418 e. The molecule has 236 valence electrons. The predicted molar refractivity (Wildman–Crippen MR) is 167 cm³/mol. The molecule has 0 aliphatic heterocycles. The summed E-state index contributed by atoms with van der Waals surface area (Å²) in [5.74, 6) is 0.370. The number of oxazole rings is 1. The number of rotatable bonds is 10. The molecule has 0 bridgehead atoms. The van der Waals surface area contributed by atoms with Gasteiger partial charge in [0.25, 0.3) is 10.0 Å². The van der Waals surface area contributed by atoms with Crippen LogP contribution in [-0.2, 0) is 29.2 Å². The Morgan fingerprint density at radius 2 is 1.59 bits per heavy atom. The zero-order valence-corrected chi connectivity index (χ0v) is 25.3. The number of aryl methyl sites for hydroxylation is 1. The topological polar surface area (TPSA) is 112 Å². The summed E-state index contributed by atoms with van der Waals surface area (Å²) in [5.41, 5.74) is 0.673. The van der Waals surface area contributed by atoms with Crippen LogP contribution in [0.4, 0.5) is 19.2 Å². The molecular weight excluding hydrogens is 619 g/mol. The van der Waals surface area contributed by atoms with E-state index in [4.69, 9.17) is 4.42 Å². The van der Waals surface area contributed by atoms with Crippen molar-refractivity contribution < 1.29 is 26.0 Å². The SMILES string of the molecule is CCCCc1nn(-c2ccccc2C(F)(F)F)c(=O)n1Cc1ccc(-c2ccccc2S(=O)(=O)Nc2nc3ccccc3o2)cc1. The number of hydrogen-bond donors (Lipinski definition) is 1. The van der Waals surface area contributed by atoms with Gasteiger partial charge in [0.1, 0.15) is 11.3 Å². The quantitative estimate of drug-likeness (QED) is 0.171. The monoisotopic (exact) mass is 647 g/mol. The van der Waals surface area contributed by atoms with Gasteiger partial charge in [0.15, 0.2) is 5.58 Å². The lowest BCUT2D eigenvalue weighted by molar-refractivity contribution is -0.137. The second kappa shape index (κ2) is 12.3. The Labute approximate surface area is 262 Å². The van der Waals surface area contributed by atoms with Crippen LogP contribution in [0, 0.1) is 0 Å². The van der Waals surface area contributed by atoms with Gasteiger partial charge in [-0.1, -0.05) is 80.1 Å². The minimum Gasteiger partial charge on any atom is -0.423 e.